The Hall–Kier alpha value is -1.57. The van der Waals surface area contributed by atoms with Crippen molar-refractivity contribution in [2.24, 2.45) is 0 Å². The SMILES string of the molecule is Oc1ccccc1.[C-]1=C(c2ccccc2)C=CC1.[Ti]. The van der Waals surface area contributed by atoms with Crippen LogP contribution >= 0.6 is 0 Å². The topological polar surface area (TPSA) is 20.2 Å². The van der Waals surface area contributed by atoms with Crippen molar-refractivity contribution in [1.82, 2.24) is 0 Å². The average molecular weight is 283 g/mol. The monoisotopic (exact) mass is 283 g/mol. The number of rotatable bonds is 1. The standard InChI is InChI=1S/C11H9.C6H6O.Ti/c1-2-6-10(7-3-1)11-8-4-5-9-11;7-6-4-2-1-3-5-6;/h1-4,6-8H,5H2;1-5,7H;/q-1;;. The predicted octanol–water partition coefficient (Wildman–Crippen LogP) is 4.22. The van der Waals surface area contributed by atoms with Gasteiger partial charge in [-0.2, -0.15) is 17.7 Å². The second-order valence-corrected chi connectivity index (χ2v) is 3.90. The summed E-state index contributed by atoms with van der Waals surface area (Å²) < 4.78 is 0. The molecular formula is C17H15OTi-. The Morgan fingerprint density at radius 1 is 0.842 bits per heavy atom. The Kier molecular flexibility index (Phi) is 6.95. The number of benzene rings is 2. The molecule has 0 spiro atoms. The first-order valence-corrected chi connectivity index (χ1v) is 5.93. The number of hydrogen-bond acceptors (Lipinski definition) is 1. The second kappa shape index (κ2) is 8.52. The van der Waals surface area contributed by atoms with E-state index in [1.165, 1.54) is 11.1 Å². The van der Waals surface area contributed by atoms with Crippen LogP contribution in [0.25, 0.3) is 5.57 Å². The number of phenolic OH excluding ortho intramolecular Hbond substituents is 1. The minimum absolute atomic E-state index is 0. The molecule has 2 aromatic carbocycles. The molecule has 0 atom stereocenters. The van der Waals surface area contributed by atoms with E-state index < -0.39 is 0 Å². The molecule has 0 unspecified atom stereocenters. The summed E-state index contributed by atoms with van der Waals surface area (Å²) in [7, 11) is 0. The summed E-state index contributed by atoms with van der Waals surface area (Å²) in [4.78, 5) is 0. The van der Waals surface area contributed by atoms with Crippen molar-refractivity contribution < 1.29 is 26.8 Å². The molecule has 1 aliphatic rings. The Bertz CT molecular complexity index is 530. The van der Waals surface area contributed by atoms with Crippen LogP contribution in [0.2, 0.25) is 0 Å². The molecule has 19 heavy (non-hydrogen) atoms. The molecule has 0 bridgehead atoms. The number of para-hydroxylation sites is 1. The van der Waals surface area contributed by atoms with Gasteiger partial charge in [-0.3, -0.25) is 0 Å². The summed E-state index contributed by atoms with van der Waals surface area (Å²) in [5.74, 6) is 0.322. The van der Waals surface area contributed by atoms with Crippen LogP contribution in [-0.4, -0.2) is 5.11 Å². The van der Waals surface area contributed by atoms with Gasteiger partial charge in [-0.1, -0.05) is 42.8 Å². The smallest absolute Gasteiger partial charge is 0.115 e. The average Bonchev–Trinajstić information content (AvgIpc) is 2.95. The van der Waals surface area contributed by atoms with Crippen LogP contribution in [0.3, 0.4) is 0 Å². The maximum Gasteiger partial charge on any atom is 0.115 e. The third kappa shape index (κ3) is 5.29. The third-order valence-corrected chi connectivity index (χ3v) is 2.54. The molecule has 0 radical (unpaired) electrons. The molecular weight excluding hydrogens is 268 g/mol. The molecule has 0 heterocycles. The molecule has 0 aliphatic heterocycles. The number of phenols is 1. The van der Waals surface area contributed by atoms with Gasteiger partial charge in [0.25, 0.3) is 0 Å². The number of allylic oxidation sites excluding steroid dienone is 4. The van der Waals surface area contributed by atoms with Crippen LogP contribution in [0.1, 0.15) is 12.0 Å². The van der Waals surface area contributed by atoms with Gasteiger partial charge in [-0.25, -0.2) is 0 Å². The zero-order valence-electron chi connectivity index (χ0n) is 10.6. The van der Waals surface area contributed by atoms with Gasteiger partial charge < -0.3 is 5.11 Å². The van der Waals surface area contributed by atoms with Crippen molar-refractivity contribution in [2.45, 2.75) is 6.42 Å². The first kappa shape index (κ1) is 15.5. The quantitative estimate of drug-likeness (QED) is 0.613. The Balaban J connectivity index is 0.000000198. The van der Waals surface area contributed by atoms with Gasteiger partial charge in [0, 0.05) is 21.7 Å². The van der Waals surface area contributed by atoms with Gasteiger partial charge in [0.05, 0.1) is 0 Å². The molecule has 0 saturated carbocycles. The van der Waals surface area contributed by atoms with Crippen molar-refractivity contribution in [3.63, 3.8) is 0 Å². The van der Waals surface area contributed by atoms with E-state index >= 15 is 0 Å². The predicted molar refractivity (Wildman–Crippen MR) is 75.0 cm³/mol. The third-order valence-electron chi connectivity index (χ3n) is 2.54. The molecule has 1 N–H and O–H groups in total. The van der Waals surface area contributed by atoms with Crippen molar-refractivity contribution in [1.29, 1.82) is 0 Å². The van der Waals surface area contributed by atoms with Gasteiger partial charge in [0.2, 0.25) is 0 Å². The van der Waals surface area contributed by atoms with Crippen molar-refractivity contribution >= 4 is 5.57 Å². The van der Waals surface area contributed by atoms with E-state index in [1.54, 1.807) is 24.3 Å². The van der Waals surface area contributed by atoms with Crippen molar-refractivity contribution in [3.05, 3.63) is 84.5 Å². The first-order chi connectivity index (χ1) is 8.86. The summed E-state index contributed by atoms with van der Waals surface area (Å²) in [6.45, 7) is 0. The molecule has 0 saturated heterocycles. The van der Waals surface area contributed by atoms with E-state index in [9.17, 15) is 0 Å². The zero-order valence-corrected chi connectivity index (χ0v) is 12.1. The van der Waals surface area contributed by atoms with Crippen LogP contribution in [0.5, 0.6) is 5.75 Å². The van der Waals surface area contributed by atoms with E-state index in [-0.39, 0.29) is 21.7 Å². The van der Waals surface area contributed by atoms with Gasteiger partial charge >= 0.3 is 0 Å². The number of aromatic hydroxyl groups is 1. The van der Waals surface area contributed by atoms with Crippen molar-refractivity contribution in [3.8, 4) is 5.75 Å². The molecule has 0 aromatic heterocycles. The van der Waals surface area contributed by atoms with E-state index in [1.807, 2.05) is 12.1 Å². The fourth-order valence-corrected chi connectivity index (χ4v) is 1.65. The zero-order chi connectivity index (χ0) is 12.6. The Labute approximate surface area is 129 Å². The summed E-state index contributed by atoms with van der Waals surface area (Å²) in [5, 5.41) is 8.63. The summed E-state index contributed by atoms with van der Waals surface area (Å²) in [6.07, 6.45) is 8.49. The van der Waals surface area contributed by atoms with Crippen LogP contribution in [0, 0.1) is 6.08 Å². The largest absolute Gasteiger partial charge is 0.508 e. The van der Waals surface area contributed by atoms with Crippen LogP contribution in [-0.2, 0) is 21.7 Å². The minimum atomic E-state index is 0. The van der Waals surface area contributed by atoms with Crippen LogP contribution in [0.4, 0.5) is 0 Å². The maximum atomic E-state index is 8.63. The van der Waals surface area contributed by atoms with E-state index in [0.29, 0.717) is 5.75 Å². The Morgan fingerprint density at radius 2 is 1.42 bits per heavy atom. The molecule has 0 fully saturated rings. The first-order valence-electron chi connectivity index (χ1n) is 5.93. The van der Waals surface area contributed by atoms with Crippen LogP contribution in [0.15, 0.2) is 72.8 Å². The molecule has 94 valence electrons. The molecule has 3 rings (SSSR count). The van der Waals surface area contributed by atoms with E-state index in [2.05, 4.69) is 42.5 Å². The van der Waals surface area contributed by atoms with Gasteiger partial charge in [0.15, 0.2) is 0 Å². The fraction of sp³-hybridized carbons (Fsp3) is 0.0588. The minimum Gasteiger partial charge on any atom is -0.508 e. The fourth-order valence-electron chi connectivity index (χ4n) is 1.65. The summed E-state index contributed by atoms with van der Waals surface area (Å²) in [6, 6.07) is 19.1. The maximum absolute atomic E-state index is 8.63. The van der Waals surface area contributed by atoms with E-state index in [4.69, 9.17) is 5.11 Å². The normalized spacial score (nSPS) is 11.9. The van der Waals surface area contributed by atoms with E-state index in [0.717, 1.165) is 6.42 Å². The molecule has 0 amide bonds. The van der Waals surface area contributed by atoms with Crippen molar-refractivity contribution in [2.75, 3.05) is 0 Å². The molecule has 2 aromatic rings. The summed E-state index contributed by atoms with van der Waals surface area (Å²) in [5.41, 5.74) is 2.49. The summed E-state index contributed by atoms with van der Waals surface area (Å²) >= 11 is 0. The second-order valence-electron chi connectivity index (χ2n) is 3.90. The Morgan fingerprint density at radius 3 is 1.84 bits per heavy atom. The number of hydrogen-bond donors (Lipinski definition) is 1. The molecule has 2 heteroatoms. The van der Waals surface area contributed by atoms with Gasteiger partial charge in [0.1, 0.15) is 5.75 Å². The van der Waals surface area contributed by atoms with Crippen LogP contribution < -0.4 is 0 Å². The van der Waals surface area contributed by atoms with Gasteiger partial charge in [-0.05, 0) is 12.1 Å². The molecule has 1 aliphatic carbocycles. The van der Waals surface area contributed by atoms with Gasteiger partial charge in [-0.15, -0.1) is 23.8 Å². The molecule has 1 nitrogen and oxygen atoms in total.